The van der Waals surface area contributed by atoms with E-state index in [-0.39, 0.29) is 11.4 Å². The zero-order chi connectivity index (χ0) is 14.6. The summed E-state index contributed by atoms with van der Waals surface area (Å²) in [6.07, 6.45) is 2.14. The normalized spacial score (nSPS) is 19.0. The van der Waals surface area contributed by atoms with Crippen molar-refractivity contribution in [2.24, 2.45) is 0 Å². The van der Waals surface area contributed by atoms with Crippen LogP contribution in [0.25, 0.3) is 0 Å². The molecule has 0 bridgehead atoms. The SMILES string of the molecule is CCC1(CC)CNCCN1Cc1cccc(OC)c1F. The number of hydrogen-bond acceptors (Lipinski definition) is 3. The lowest BCUT2D eigenvalue weighted by Gasteiger charge is -2.47. The summed E-state index contributed by atoms with van der Waals surface area (Å²) in [4.78, 5) is 2.42. The highest BCUT2D eigenvalue weighted by molar-refractivity contribution is 5.31. The third-order valence-electron chi connectivity index (χ3n) is 4.62. The van der Waals surface area contributed by atoms with Crippen molar-refractivity contribution in [3.05, 3.63) is 29.6 Å². The molecule has 4 heteroatoms. The van der Waals surface area contributed by atoms with Gasteiger partial charge < -0.3 is 10.1 Å². The standard InChI is InChI=1S/C16H25FN2O/c1-4-16(5-2)12-18-9-10-19(16)11-13-7-6-8-14(20-3)15(13)17/h6-8,18H,4-5,9-12H2,1-3H3. The molecule has 1 N–H and O–H groups in total. The molecule has 112 valence electrons. The van der Waals surface area contributed by atoms with Crippen molar-refractivity contribution in [1.29, 1.82) is 0 Å². The van der Waals surface area contributed by atoms with Crippen molar-refractivity contribution in [3.63, 3.8) is 0 Å². The van der Waals surface area contributed by atoms with E-state index in [0.717, 1.165) is 38.0 Å². The summed E-state index contributed by atoms with van der Waals surface area (Å²) in [6, 6.07) is 5.39. The van der Waals surface area contributed by atoms with E-state index in [9.17, 15) is 4.39 Å². The molecular formula is C16H25FN2O. The second-order valence-electron chi connectivity index (χ2n) is 5.46. The van der Waals surface area contributed by atoms with Crippen LogP contribution in [0.2, 0.25) is 0 Å². The first-order valence-electron chi connectivity index (χ1n) is 7.44. The van der Waals surface area contributed by atoms with E-state index >= 15 is 0 Å². The molecule has 0 aromatic heterocycles. The van der Waals surface area contributed by atoms with E-state index in [2.05, 4.69) is 24.1 Å². The van der Waals surface area contributed by atoms with E-state index in [1.165, 1.54) is 7.11 Å². The van der Waals surface area contributed by atoms with Gasteiger partial charge >= 0.3 is 0 Å². The van der Waals surface area contributed by atoms with Crippen LogP contribution in [0.15, 0.2) is 18.2 Å². The first kappa shape index (κ1) is 15.3. The Morgan fingerprint density at radius 1 is 1.35 bits per heavy atom. The highest BCUT2D eigenvalue weighted by Crippen LogP contribution is 2.29. The molecule has 1 aromatic carbocycles. The summed E-state index contributed by atoms with van der Waals surface area (Å²) in [7, 11) is 1.51. The van der Waals surface area contributed by atoms with Gasteiger partial charge in [0.1, 0.15) is 0 Å². The van der Waals surface area contributed by atoms with Crippen LogP contribution in [0.4, 0.5) is 4.39 Å². The van der Waals surface area contributed by atoms with E-state index in [4.69, 9.17) is 4.74 Å². The van der Waals surface area contributed by atoms with E-state index in [1.54, 1.807) is 6.07 Å². The zero-order valence-electron chi connectivity index (χ0n) is 12.7. The van der Waals surface area contributed by atoms with Gasteiger partial charge in [0.2, 0.25) is 0 Å². The van der Waals surface area contributed by atoms with Crippen molar-refractivity contribution in [3.8, 4) is 5.75 Å². The lowest BCUT2D eigenvalue weighted by atomic mass is 9.88. The molecule has 1 heterocycles. The lowest BCUT2D eigenvalue weighted by molar-refractivity contribution is 0.0437. The number of nitrogens with zero attached hydrogens (tertiary/aromatic N) is 1. The summed E-state index contributed by atoms with van der Waals surface area (Å²) in [5, 5.41) is 3.47. The molecule has 20 heavy (non-hydrogen) atoms. The Morgan fingerprint density at radius 2 is 2.10 bits per heavy atom. The number of rotatable bonds is 5. The molecule has 2 rings (SSSR count). The van der Waals surface area contributed by atoms with Gasteiger partial charge in [0, 0.05) is 37.3 Å². The van der Waals surface area contributed by atoms with E-state index < -0.39 is 0 Å². The fourth-order valence-electron chi connectivity index (χ4n) is 3.12. The monoisotopic (exact) mass is 280 g/mol. The van der Waals surface area contributed by atoms with Gasteiger partial charge in [-0.05, 0) is 18.9 Å². The van der Waals surface area contributed by atoms with Gasteiger partial charge in [-0.15, -0.1) is 0 Å². The van der Waals surface area contributed by atoms with Gasteiger partial charge in [0.05, 0.1) is 7.11 Å². The van der Waals surface area contributed by atoms with Gasteiger partial charge in [-0.1, -0.05) is 26.0 Å². The molecule has 0 amide bonds. The quantitative estimate of drug-likeness (QED) is 0.897. The molecule has 0 spiro atoms. The minimum absolute atomic E-state index is 0.133. The number of ether oxygens (including phenoxy) is 1. The molecule has 0 unspecified atom stereocenters. The van der Waals surface area contributed by atoms with Crippen LogP contribution in [0.1, 0.15) is 32.3 Å². The molecule has 0 radical (unpaired) electrons. The van der Waals surface area contributed by atoms with Gasteiger partial charge in [0.25, 0.3) is 0 Å². The predicted molar refractivity (Wildman–Crippen MR) is 79.5 cm³/mol. The van der Waals surface area contributed by atoms with Crippen LogP contribution >= 0.6 is 0 Å². The van der Waals surface area contributed by atoms with Crippen LogP contribution in [0.5, 0.6) is 5.75 Å². The lowest BCUT2D eigenvalue weighted by Crippen LogP contribution is -2.60. The maximum atomic E-state index is 14.3. The Hall–Kier alpha value is -1.13. The predicted octanol–water partition coefficient (Wildman–Crippen LogP) is 2.80. The van der Waals surface area contributed by atoms with Crippen molar-refractivity contribution >= 4 is 0 Å². The maximum Gasteiger partial charge on any atom is 0.169 e. The number of halogens is 1. The van der Waals surface area contributed by atoms with E-state index in [1.807, 2.05) is 12.1 Å². The first-order chi connectivity index (χ1) is 9.66. The fraction of sp³-hybridized carbons (Fsp3) is 0.625. The first-order valence-corrected chi connectivity index (χ1v) is 7.44. The average molecular weight is 280 g/mol. The number of methoxy groups -OCH3 is 1. The Balaban J connectivity index is 2.23. The van der Waals surface area contributed by atoms with Crippen molar-refractivity contribution < 1.29 is 9.13 Å². The Labute approximate surface area is 121 Å². The number of nitrogens with one attached hydrogen (secondary N) is 1. The van der Waals surface area contributed by atoms with Gasteiger partial charge in [-0.3, -0.25) is 4.90 Å². The maximum absolute atomic E-state index is 14.3. The van der Waals surface area contributed by atoms with E-state index in [0.29, 0.717) is 12.3 Å². The molecule has 3 nitrogen and oxygen atoms in total. The molecule has 0 atom stereocenters. The summed E-state index contributed by atoms with van der Waals surface area (Å²) in [5.41, 5.74) is 0.853. The molecule has 0 aliphatic carbocycles. The smallest absolute Gasteiger partial charge is 0.169 e. The molecule has 1 saturated heterocycles. The second-order valence-corrected chi connectivity index (χ2v) is 5.46. The van der Waals surface area contributed by atoms with Crippen molar-refractivity contribution in [2.45, 2.75) is 38.8 Å². The molecule has 1 aliphatic heterocycles. The molecular weight excluding hydrogens is 255 g/mol. The number of hydrogen-bond donors (Lipinski definition) is 1. The Kier molecular flexibility index (Phi) is 5.00. The van der Waals surface area contributed by atoms with Crippen LogP contribution in [0, 0.1) is 5.82 Å². The highest BCUT2D eigenvalue weighted by atomic mass is 19.1. The molecule has 1 aliphatic rings. The molecule has 0 saturated carbocycles. The zero-order valence-corrected chi connectivity index (χ0v) is 12.7. The number of piperazine rings is 1. The van der Waals surface area contributed by atoms with Crippen LogP contribution in [-0.4, -0.2) is 37.2 Å². The largest absolute Gasteiger partial charge is 0.494 e. The summed E-state index contributed by atoms with van der Waals surface area (Å²) >= 11 is 0. The molecule has 1 aromatic rings. The van der Waals surface area contributed by atoms with Crippen LogP contribution in [-0.2, 0) is 6.54 Å². The third-order valence-corrected chi connectivity index (χ3v) is 4.62. The van der Waals surface area contributed by atoms with Crippen molar-refractivity contribution in [1.82, 2.24) is 10.2 Å². The Morgan fingerprint density at radius 3 is 2.75 bits per heavy atom. The Bertz CT molecular complexity index is 446. The summed E-state index contributed by atoms with van der Waals surface area (Å²) in [5.74, 6) is 0.103. The number of benzene rings is 1. The topological polar surface area (TPSA) is 24.5 Å². The van der Waals surface area contributed by atoms with Gasteiger partial charge in [-0.25, -0.2) is 4.39 Å². The van der Waals surface area contributed by atoms with Gasteiger partial charge in [-0.2, -0.15) is 0 Å². The fourth-order valence-corrected chi connectivity index (χ4v) is 3.12. The van der Waals surface area contributed by atoms with Gasteiger partial charge in [0.15, 0.2) is 11.6 Å². The molecule has 1 fully saturated rings. The van der Waals surface area contributed by atoms with Crippen LogP contribution in [0.3, 0.4) is 0 Å². The summed E-state index contributed by atoms with van der Waals surface area (Å²) in [6.45, 7) is 7.97. The summed E-state index contributed by atoms with van der Waals surface area (Å²) < 4.78 is 19.4. The third kappa shape index (κ3) is 2.81. The average Bonchev–Trinajstić information content (AvgIpc) is 2.50. The minimum Gasteiger partial charge on any atom is -0.494 e. The minimum atomic E-state index is -0.227. The highest BCUT2D eigenvalue weighted by Gasteiger charge is 2.35. The van der Waals surface area contributed by atoms with Crippen LogP contribution < -0.4 is 10.1 Å². The second kappa shape index (κ2) is 6.55. The van der Waals surface area contributed by atoms with Crippen molar-refractivity contribution in [2.75, 3.05) is 26.7 Å².